The van der Waals surface area contributed by atoms with Crippen molar-refractivity contribution < 1.29 is 19.1 Å². The minimum Gasteiger partial charge on any atom is -0.446 e. The molecule has 1 aromatic carbocycles. The SMILES string of the molecule is CC(C)OC(=O)N(C(=O)OC(C)C)c1ccc(Cl)cc1. The number of imide groups is 1. The van der Waals surface area contributed by atoms with Gasteiger partial charge in [0, 0.05) is 5.02 Å². The molecular weight excluding hydrogens is 282 g/mol. The lowest BCUT2D eigenvalue weighted by molar-refractivity contribution is 0.104. The van der Waals surface area contributed by atoms with Gasteiger partial charge in [-0.2, -0.15) is 4.90 Å². The highest BCUT2D eigenvalue weighted by molar-refractivity contribution is 6.30. The normalized spacial score (nSPS) is 10.6. The van der Waals surface area contributed by atoms with E-state index in [-0.39, 0.29) is 12.2 Å². The topological polar surface area (TPSA) is 55.8 Å². The van der Waals surface area contributed by atoms with E-state index in [0.717, 1.165) is 4.90 Å². The van der Waals surface area contributed by atoms with Gasteiger partial charge in [-0.25, -0.2) is 9.59 Å². The van der Waals surface area contributed by atoms with Crippen LogP contribution in [0, 0.1) is 0 Å². The molecule has 20 heavy (non-hydrogen) atoms. The fourth-order valence-electron chi connectivity index (χ4n) is 1.38. The minimum absolute atomic E-state index is 0.339. The zero-order chi connectivity index (χ0) is 15.3. The van der Waals surface area contributed by atoms with Crippen molar-refractivity contribution in [3.05, 3.63) is 29.3 Å². The summed E-state index contributed by atoms with van der Waals surface area (Å²) in [6.07, 6.45) is -2.26. The summed E-state index contributed by atoms with van der Waals surface area (Å²) in [5.74, 6) is 0. The van der Waals surface area contributed by atoms with Crippen molar-refractivity contribution >= 4 is 29.5 Å². The Hall–Kier alpha value is -1.75. The number of amides is 2. The summed E-state index contributed by atoms with van der Waals surface area (Å²) in [5.41, 5.74) is 0.339. The summed E-state index contributed by atoms with van der Waals surface area (Å²) in [6.45, 7) is 6.80. The Labute approximate surface area is 123 Å². The number of halogens is 1. The van der Waals surface area contributed by atoms with E-state index in [4.69, 9.17) is 21.1 Å². The quantitative estimate of drug-likeness (QED) is 0.838. The number of carbonyl (C=O) groups is 2. The lowest BCUT2D eigenvalue weighted by Crippen LogP contribution is -2.40. The third-order valence-electron chi connectivity index (χ3n) is 2.12. The van der Waals surface area contributed by atoms with E-state index >= 15 is 0 Å². The Morgan fingerprint density at radius 3 is 1.70 bits per heavy atom. The number of anilines is 1. The third kappa shape index (κ3) is 4.74. The van der Waals surface area contributed by atoms with Crippen LogP contribution in [0.1, 0.15) is 27.7 Å². The summed E-state index contributed by atoms with van der Waals surface area (Å²) in [7, 11) is 0. The zero-order valence-electron chi connectivity index (χ0n) is 11.9. The predicted molar refractivity (Wildman–Crippen MR) is 77.2 cm³/mol. The van der Waals surface area contributed by atoms with Crippen LogP contribution in [0.25, 0.3) is 0 Å². The monoisotopic (exact) mass is 299 g/mol. The van der Waals surface area contributed by atoms with Crippen LogP contribution in [0.4, 0.5) is 15.3 Å². The first-order valence-electron chi connectivity index (χ1n) is 6.28. The van der Waals surface area contributed by atoms with Crippen LogP contribution in [-0.2, 0) is 9.47 Å². The number of hydrogen-bond acceptors (Lipinski definition) is 4. The average molecular weight is 300 g/mol. The largest absolute Gasteiger partial charge is 0.446 e. The van der Waals surface area contributed by atoms with Crippen molar-refractivity contribution in [2.45, 2.75) is 39.9 Å². The molecule has 110 valence electrons. The molecule has 0 spiro atoms. The van der Waals surface area contributed by atoms with E-state index in [1.54, 1.807) is 52.0 Å². The molecule has 0 radical (unpaired) electrons. The van der Waals surface area contributed by atoms with Gasteiger partial charge in [0.1, 0.15) is 0 Å². The Morgan fingerprint density at radius 2 is 1.35 bits per heavy atom. The molecule has 1 rings (SSSR count). The smallest absolute Gasteiger partial charge is 0.424 e. The fraction of sp³-hybridized carbons (Fsp3) is 0.429. The maximum atomic E-state index is 12.0. The van der Waals surface area contributed by atoms with Gasteiger partial charge in [0.05, 0.1) is 17.9 Å². The molecule has 5 nitrogen and oxygen atoms in total. The summed E-state index contributed by atoms with van der Waals surface area (Å²) in [6, 6.07) is 6.25. The van der Waals surface area contributed by atoms with Crippen LogP contribution < -0.4 is 4.90 Å². The highest BCUT2D eigenvalue weighted by Crippen LogP contribution is 2.20. The van der Waals surface area contributed by atoms with Crippen LogP contribution in [0.15, 0.2) is 24.3 Å². The lowest BCUT2D eigenvalue weighted by Gasteiger charge is -2.22. The van der Waals surface area contributed by atoms with Crippen molar-refractivity contribution in [2.24, 2.45) is 0 Å². The van der Waals surface area contributed by atoms with Crippen molar-refractivity contribution in [3.63, 3.8) is 0 Å². The first-order valence-corrected chi connectivity index (χ1v) is 6.66. The Balaban J connectivity index is 3.03. The van der Waals surface area contributed by atoms with E-state index in [0.29, 0.717) is 10.7 Å². The molecule has 0 aliphatic carbocycles. The van der Waals surface area contributed by atoms with Crippen molar-refractivity contribution in [1.29, 1.82) is 0 Å². The molecule has 0 heterocycles. The molecule has 0 atom stereocenters. The van der Waals surface area contributed by atoms with E-state index in [1.807, 2.05) is 0 Å². The summed E-state index contributed by atoms with van der Waals surface area (Å²) < 4.78 is 10.1. The van der Waals surface area contributed by atoms with Crippen LogP contribution in [0.3, 0.4) is 0 Å². The molecule has 0 aliphatic rings. The molecule has 0 aromatic heterocycles. The number of carbonyl (C=O) groups excluding carboxylic acids is 2. The molecule has 0 fully saturated rings. The van der Waals surface area contributed by atoms with E-state index in [1.165, 1.54) is 0 Å². The molecule has 0 saturated heterocycles. The molecule has 0 saturated carbocycles. The van der Waals surface area contributed by atoms with Gasteiger partial charge in [0.2, 0.25) is 0 Å². The maximum Gasteiger partial charge on any atom is 0.424 e. The third-order valence-corrected chi connectivity index (χ3v) is 2.37. The van der Waals surface area contributed by atoms with Gasteiger partial charge in [-0.05, 0) is 52.0 Å². The molecule has 0 N–H and O–H groups in total. The lowest BCUT2D eigenvalue weighted by atomic mass is 10.3. The first kappa shape index (κ1) is 16.3. The number of hydrogen-bond donors (Lipinski definition) is 0. The summed E-state index contributed by atoms with van der Waals surface area (Å²) in [5, 5.41) is 0.503. The second kappa shape index (κ2) is 7.14. The molecule has 6 heteroatoms. The molecule has 0 bridgehead atoms. The van der Waals surface area contributed by atoms with Gasteiger partial charge in [-0.1, -0.05) is 11.6 Å². The van der Waals surface area contributed by atoms with Crippen molar-refractivity contribution in [1.82, 2.24) is 0 Å². The molecule has 0 aliphatic heterocycles. The Bertz CT molecular complexity index is 449. The minimum atomic E-state index is -0.784. The van der Waals surface area contributed by atoms with Crippen molar-refractivity contribution in [3.8, 4) is 0 Å². The van der Waals surface area contributed by atoms with Gasteiger partial charge in [-0.3, -0.25) is 0 Å². The van der Waals surface area contributed by atoms with Gasteiger partial charge in [0.25, 0.3) is 0 Å². The second-order valence-electron chi connectivity index (χ2n) is 4.68. The number of rotatable bonds is 3. The van der Waals surface area contributed by atoms with Crippen LogP contribution in [0.5, 0.6) is 0 Å². The van der Waals surface area contributed by atoms with E-state index < -0.39 is 12.2 Å². The Kier molecular flexibility index (Phi) is 5.82. The number of ether oxygens (including phenoxy) is 2. The zero-order valence-corrected chi connectivity index (χ0v) is 12.7. The fourth-order valence-corrected chi connectivity index (χ4v) is 1.51. The molecule has 2 amide bonds. The highest BCUT2D eigenvalue weighted by atomic mass is 35.5. The van der Waals surface area contributed by atoms with Crippen LogP contribution in [-0.4, -0.2) is 24.4 Å². The average Bonchev–Trinajstić information content (AvgIpc) is 2.30. The Morgan fingerprint density at radius 1 is 0.950 bits per heavy atom. The molecule has 0 unspecified atom stereocenters. The maximum absolute atomic E-state index is 12.0. The van der Waals surface area contributed by atoms with E-state index in [9.17, 15) is 9.59 Å². The first-order chi connectivity index (χ1) is 9.31. The van der Waals surface area contributed by atoms with Gasteiger partial charge >= 0.3 is 12.2 Å². The highest BCUT2D eigenvalue weighted by Gasteiger charge is 2.28. The van der Waals surface area contributed by atoms with Gasteiger partial charge < -0.3 is 9.47 Å². The predicted octanol–water partition coefficient (Wildman–Crippen LogP) is 4.24. The van der Waals surface area contributed by atoms with Crippen LogP contribution in [0.2, 0.25) is 5.02 Å². The number of benzene rings is 1. The van der Waals surface area contributed by atoms with Gasteiger partial charge in [0.15, 0.2) is 0 Å². The van der Waals surface area contributed by atoms with Crippen molar-refractivity contribution in [2.75, 3.05) is 4.90 Å². The standard InChI is InChI=1S/C14H18ClNO4/c1-9(2)19-13(17)16(14(18)20-10(3)4)12-7-5-11(15)6-8-12/h5-10H,1-4H3. The van der Waals surface area contributed by atoms with Gasteiger partial charge in [-0.15, -0.1) is 0 Å². The molecular formula is C14H18ClNO4. The summed E-state index contributed by atoms with van der Waals surface area (Å²) in [4.78, 5) is 24.9. The van der Waals surface area contributed by atoms with Crippen LogP contribution >= 0.6 is 11.6 Å². The molecule has 1 aromatic rings. The second-order valence-corrected chi connectivity index (χ2v) is 5.11. The number of nitrogens with zero attached hydrogens (tertiary/aromatic N) is 1. The van der Waals surface area contributed by atoms with E-state index in [2.05, 4.69) is 0 Å². The summed E-state index contributed by atoms with van der Waals surface area (Å²) >= 11 is 5.79.